The van der Waals surface area contributed by atoms with Crippen LogP contribution in [0.2, 0.25) is 0 Å². The minimum Gasteiger partial charge on any atom is -0.346 e. The van der Waals surface area contributed by atoms with Gasteiger partial charge in [0.05, 0.1) is 25.8 Å². The van der Waals surface area contributed by atoms with Crippen LogP contribution in [0.3, 0.4) is 0 Å². The van der Waals surface area contributed by atoms with Gasteiger partial charge >= 0.3 is 6.03 Å². The zero-order chi connectivity index (χ0) is 14.7. The van der Waals surface area contributed by atoms with E-state index in [-0.39, 0.29) is 12.1 Å². The number of piperidine rings is 1. The molecule has 3 heterocycles. The predicted octanol–water partition coefficient (Wildman–Crippen LogP) is 2.75. The van der Waals surface area contributed by atoms with Gasteiger partial charge in [-0.1, -0.05) is 13.0 Å². The fourth-order valence-corrected chi connectivity index (χ4v) is 3.86. The largest absolute Gasteiger partial charge is 0.346 e. The molecule has 0 aromatic carbocycles. The number of nitrogens with one attached hydrogen (secondary N) is 1. The Morgan fingerprint density at radius 1 is 1.52 bits per heavy atom. The summed E-state index contributed by atoms with van der Waals surface area (Å²) in [5.41, 5.74) is 0. The summed E-state index contributed by atoms with van der Waals surface area (Å²) in [6, 6.07) is 4.15. The number of nitrogens with zero attached hydrogens (tertiary/aromatic N) is 1. The lowest BCUT2D eigenvalue weighted by molar-refractivity contribution is -0.182. The lowest BCUT2D eigenvalue weighted by Crippen LogP contribution is -2.54. The number of amides is 2. The third-order valence-corrected chi connectivity index (χ3v) is 5.10. The van der Waals surface area contributed by atoms with Gasteiger partial charge in [-0.3, -0.25) is 0 Å². The van der Waals surface area contributed by atoms with Gasteiger partial charge in [0.15, 0.2) is 5.79 Å². The van der Waals surface area contributed by atoms with Crippen LogP contribution in [0.1, 0.15) is 37.1 Å². The van der Waals surface area contributed by atoms with Crippen LogP contribution >= 0.6 is 11.3 Å². The average Bonchev–Trinajstić information content (AvgIpc) is 3.17. The highest BCUT2D eigenvalue weighted by Crippen LogP contribution is 2.30. The van der Waals surface area contributed by atoms with Gasteiger partial charge in [0.25, 0.3) is 0 Å². The molecular weight excluding hydrogens is 288 g/mol. The molecule has 1 aromatic rings. The van der Waals surface area contributed by atoms with E-state index in [4.69, 9.17) is 9.47 Å². The summed E-state index contributed by atoms with van der Waals surface area (Å²) in [6.45, 7) is 4.64. The number of carbonyl (C=O) groups is 1. The first-order valence-electron chi connectivity index (χ1n) is 7.59. The molecule has 2 aliphatic heterocycles. The highest BCUT2D eigenvalue weighted by Gasteiger charge is 2.42. The molecule has 1 aromatic heterocycles. The first-order valence-corrected chi connectivity index (χ1v) is 8.47. The predicted molar refractivity (Wildman–Crippen MR) is 81.3 cm³/mol. The first kappa shape index (κ1) is 14.8. The molecule has 1 N–H and O–H groups in total. The Labute approximate surface area is 129 Å². The number of ether oxygens (including phenoxy) is 2. The van der Waals surface area contributed by atoms with Crippen LogP contribution in [0.5, 0.6) is 0 Å². The quantitative estimate of drug-likeness (QED) is 0.934. The van der Waals surface area contributed by atoms with Gasteiger partial charge < -0.3 is 19.7 Å². The van der Waals surface area contributed by atoms with E-state index in [1.165, 1.54) is 4.88 Å². The molecule has 116 valence electrons. The van der Waals surface area contributed by atoms with Crippen molar-refractivity contribution in [3.05, 3.63) is 22.4 Å². The van der Waals surface area contributed by atoms with Gasteiger partial charge in [-0.2, -0.15) is 0 Å². The summed E-state index contributed by atoms with van der Waals surface area (Å²) >= 11 is 1.68. The molecule has 0 aliphatic carbocycles. The molecule has 6 heteroatoms. The summed E-state index contributed by atoms with van der Waals surface area (Å²) in [5, 5.41) is 5.17. The van der Waals surface area contributed by atoms with Gasteiger partial charge in [0.2, 0.25) is 0 Å². The third-order valence-electron chi connectivity index (χ3n) is 4.11. The monoisotopic (exact) mass is 310 g/mol. The summed E-state index contributed by atoms with van der Waals surface area (Å²) in [6.07, 6.45) is 2.68. The van der Waals surface area contributed by atoms with Crippen LogP contribution in [0.25, 0.3) is 0 Å². The highest BCUT2D eigenvalue weighted by molar-refractivity contribution is 7.10. The second-order valence-electron chi connectivity index (χ2n) is 5.56. The number of hydrogen-bond donors (Lipinski definition) is 1. The average molecular weight is 310 g/mol. The van der Waals surface area contributed by atoms with Crippen LogP contribution in [0, 0.1) is 0 Å². The Balaban J connectivity index is 1.62. The molecule has 2 fully saturated rings. The minimum atomic E-state index is -0.555. The zero-order valence-corrected chi connectivity index (χ0v) is 13.2. The maximum atomic E-state index is 12.5. The lowest BCUT2D eigenvalue weighted by atomic mass is 10.0. The van der Waals surface area contributed by atoms with Gasteiger partial charge in [-0.15, -0.1) is 11.3 Å². The second-order valence-corrected chi connectivity index (χ2v) is 6.54. The van der Waals surface area contributed by atoms with Gasteiger partial charge in [-0.25, -0.2) is 4.79 Å². The van der Waals surface area contributed by atoms with Crippen LogP contribution in [-0.2, 0) is 9.47 Å². The van der Waals surface area contributed by atoms with E-state index in [0.29, 0.717) is 19.8 Å². The number of rotatable bonds is 3. The number of hydrogen-bond acceptors (Lipinski definition) is 4. The van der Waals surface area contributed by atoms with Crippen molar-refractivity contribution < 1.29 is 14.3 Å². The van der Waals surface area contributed by atoms with Crippen molar-refractivity contribution in [3.63, 3.8) is 0 Å². The lowest BCUT2D eigenvalue weighted by Gasteiger charge is -2.39. The maximum absolute atomic E-state index is 12.5. The Morgan fingerprint density at radius 2 is 2.33 bits per heavy atom. The molecule has 1 atom stereocenters. The van der Waals surface area contributed by atoms with E-state index in [1.807, 2.05) is 16.3 Å². The summed E-state index contributed by atoms with van der Waals surface area (Å²) in [4.78, 5) is 15.5. The molecule has 1 unspecified atom stereocenters. The van der Waals surface area contributed by atoms with Crippen molar-refractivity contribution in [1.29, 1.82) is 0 Å². The molecule has 2 amide bonds. The molecule has 2 saturated heterocycles. The summed E-state index contributed by atoms with van der Waals surface area (Å²) < 4.78 is 11.4. The van der Waals surface area contributed by atoms with Crippen molar-refractivity contribution in [2.24, 2.45) is 0 Å². The number of likely N-dealkylation sites (tertiary alicyclic amines) is 1. The van der Waals surface area contributed by atoms with Crippen molar-refractivity contribution in [3.8, 4) is 0 Å². The second kappa shape index (κ2) is 6.34. The smallest absolute Gasteiger partial charge is 0.318 e. The van der Waals surface area contributed by atoms with E-state index in [2.05, 4.69) is 18.3 Å². The third kappa shape index (κ3) is 3.22. The van der Waals surface area contributed by atoms with Crippen molar-refractivity contribution >= 4 is 17.4 Å². The molecule has 3 rings (SSSR count). The Morgan fingerprint density at radius 3 is 3.00 bits per heavy atom. The Kier molecular flexibility index (Phi) is 4.47. The molecule has 21 heavy (non-hydrogen) atoms. The topological polar surface area (TPSA) is 50.8 Å². The number of thiophene rings is 1. The van der Waals surface area contributed by atoms with Crippen molar-refractivity contribution in [1.82, 2.24) is 10.2 Å². The van der Waals surface area contributed by atoms with E-state index < -0.39 is 5.79 Å². The molecule has 0 bridgehead atoms. The van der Waals surface area contributed by atoms with Crippen molar-refractivity contribution in [2.45, 2.75) is 38.0 Å². The molecule has 5 nitrogen and oxygen atoms in total. The molecule has 0 radical (unpaired) electrons. The van der Waals surface area contributed by atoms with E-state index in [9.17, 15) is 4.79 Å². The normalized spacial score (nSPS) is 22.4. The highest BCUT2D eigenvalue weighted by atomic mass is 32.1. The summed E-state index contributed by atoms with van der Waals surface area (Å²) in [5.74, 6) is -0.555. The minimum absolute atomic E-state index is 0.0200. The van der Waals surface area contributed by atoms with E-state index in [0.717, 1.165) is 25.8 Å². The Bertz CT molecular complexity index is 471. The maximum Gasteiger partial charge on any atom is 0.318 e. The zero-order valence-electron chi connectivity index (χ0n) is 12.3. The van der Waals surface area contributed by atoms with Gasteiger partial charge in [-0.05, 0) is 24.3 Å². The summed E-state index contributed by atoms with van der Waals surface area (Å²) in [7, 11) is 0. The molecular formula is C15H22N2O3S. The fraction of sp³-hybridized carbons (Fsp3) is 0.667. The molecule has 0 saturated carbocycles. The number of carbonyl (C=O) groups excluding carboxylic acids is 1. The van der Waals surface area contributed by atoms with Crippen LogP contribution in [0.15, 0.2) is 17.5 Å². The van der Waals surface area contributed by atoms with Crippen LogP contribution < -0.4 is 5.32 Å². The van der Waals surface area contributed by atoms with Gasteiger partial charge in [0.1, 0.15) is 0 Å². The fourth-order valence-electron chi connectivity index (χ4n) is 3.00. The van der Waals surface area contributed by atoms with Crippen LogP contribution in [-0.4, -0.2) is 43.0 Å². The standard InChI is InChI=1S/C15H22N2O3S/c1-2-12(13-5-3-10-21-13)16-14(18)17-7-4-6-15(11-17)19-8-9-20-15/h3,5,10,12H,2,4,6-9,11H2,1H3,(H,16,18). The van der Waals surface area contributed by atoms with Crippen LogP contribution in [0.4, 0.5) is 4.79 Å². The molecule has 1 spiro atoms. The van der Waals surface area contributed by atoms with E-state index >= 15 is 0 Å². The van der Waals surface area contributed by atoms with Gasteiger partial charge in [0, 0.05) is 17.8 Å². The SMILES string of the molecule is CCC(NC(=O)N1CCCC2(C1)OCCO2)c1cccs1. The first-order chi connectivity index (χ1) is 10.2. The van der Waals surface area contributed by atoms with E-state index in [1.54, 1.807) is 11.3 Å². The number of urea groups is 1. The molecule has 2 aliphatic rings. The van der Waals surface area contributed by atoms with Crippen molar-refractivity contribution in [2.75, 3.05) is 26.3 Å². The Hall–Kier alpha value is -1.11.